The zero-order valence-corrected chi connectivity index (χ0v) is 13.5. The van der Waals surface area contributed by atoms with Crippen LogP contribution in [0.1, 0.15) is 22.3 Å². The number of halogens is 3. The van der Waals surface area contributed by atoms with Gasteiger partial charge in [-0.05, 0) is 18.6 Å². The van der Waals surface area contributed by atoms with Gasteiger partial charge in [0.15, 0.2) is 6.61 Å². The number of nitro benzene ring substituents is 1. The molecular weight excluding hydrogens is 365 g/mol. The summed E-state index contributed by atoms with van der Waals surface area (Å²) in [4.78, 5) is 22.5. The van der Waals surface area contributed by atoms with Crippen LogP contribution in [-0.2, 0) is 6.42 Å². The lowest BCUT2D eigenvalue weighted by Gasteiger charge is -2.10. The zero-order valence-electron chi connectivity index (χ0n) is 12.7. The molecule has 1 amide bonds. The van der Waals surface area contributed by atoms with Crippen molar-refractivity contribution >= 4 is 28.1 Å². The highest BCUT2D eigenvalue weighted by Crippen LogP contribution is 2.27. The third-order valence-corrected chi connectivity index (χ3v) is 3.78. The van der Waals surface area contributed by atoms with Gasteiger partial charge >= 0.3 is 6.18 Å². The molecule has 8 nitrogen and oxygen atoms in total. The first-order chi connectivity index (χ1) is 11.7. The number of carbonyl (C=O) groups is 1. The predicted molar refractivity (Wildman–Crippen MR) is 81.9 cm³/mol. The number of anilines is 1. The minimum atomic E-state index is -4.58. The van der Waals surface area contributed by atoms with Crippen molar-refractivity contribution in [3.8, 4) is 5.75 Å². The normalized spacial score (nSPS) is 11.2. The zero-order chi connectivity index (χ0) is 18.6. The molecule has 0 aliphatic heterocycles. The summed E-state index contributed by atoms with van der Waals surface area (Å²) in [6.45, 7) is 0.251. The number of aryl methyl sites for hydroxylation is 1. The topological polar surface area (TPSA) is 107 Å². The maximum atomic E-state index is 12.2. The minimum Gasteiger partial charge on any atom is -0.484 e. The molecule has 2 rings (SSSR count). The highest BCUT2D eigenvalue weighted by atomic mass is 32.1. The second-order valence-corrected chi connectivity index (χ2v) is 5.71. The van der Waals surface area contributed by atoms with Crippen LogP contribution in [0.3, 0.4) is 0 Å². The number of nitrogens with one attached hydrogen (secondary N) is 1. The molecule has 2 aromatic rings. The van der Waals surface area contributed by atoms with E-state index in [1.165, 1.54) is 0 Å². The average molecular weight is 376 g/mol. The van der Waals surface area contributed by atoms with Crippen molar-refractivity contribution in [3.63, 3.8) is 0 Å². The molecule has 1 N–H and O–H groups in total. The molecule has 0 bridgehead atoms. The molecule has 0 radical (unpaired) electrons. The van der Waals surface area contributed by atoms with Gasteiger partial charge in [0.25, 0.3) is 11.6 Å². The Kier molecular flexibility index (Phi) is 5.51. The van der Waals surface area contributed by atoms with Gasteiger partial charge in [0.1, 0.15) is 16.3 Å². The van der Waals surface area contributed by atoms with E-state index in [0.29, 0.717) is 11.4 Å². The summed E-state index contributed by atoms with van der Waals surface area (Å²) in [6, 6.07) is 2.76. The molecule has 0 aliphatic rings. The van der Waals surface area contributed by atoms with Gasteiger partial charge in [0, 0.05) is 6.07 Å². The van der Waals surface area contributed by atoms with E-state index in [2.05, 4.69) is 20.3 Å². The highest BCUT2D eigenvalue weighted by molar-refractivity contribution is 7.15. The molecule has 0 saturated carbocycles. The molecule has 0 unspecified atom stereocenters. The number of hydrogen-bond acceptors (Lipinski definition) is 7. The summed E-state index contributed by atoms with van der Waals surface area (Å²) in [5.41, 5.74) is -1.02. The smallest absolute Gasteiger partial charge is 0.422 e. The number of alkyl halides is 3. The molecule has 25 heavy (non-hydrogen) atoms. The number of hydrogen-bond donors (Lipinski definition) is 1. The van der Waals surface area contributed by atoms with E-state index >= 15 is 0 Å². The van der Waals surface area contributed by atoms with Crippen LogP contribution < -0.4 is 10.1 Å². The van der Waals surface area contributed by atoms with Crippen molar-refractivity contribution in [2.75, 3.05) is 11.9 Å². The summed E-state index contributed by atoms with van der Waals surface area (Å²) in [5, 5.41) is 21.6. The van der Waals surface area contributed by atoms with Crippen LogP contribution in [0, 0.1) is 10.1 Å². The number of ether oxygens (including phenoxy) is 1. The SMILES string of the molecule is CCc1nnc(NC(=O)c2cc(OCC(F)(F)F)ccc2[N+](=O)[O-])s1. The number of amides is 1. The van der Waals surface area contributed by atoms with Gasteiger partial charge in [0.2, 0.25) is 5.13 Å². The number of rotatable bonds is 6. The molecule has 0 aliphatic carbocycles. The third-order valence-electron chi connectivity index (χ3n) is 2.80. The van der Waals surface area contributed by atoms with E-state index in [9.17, 15) is 28.1 Å². The largest absolute Gasteiger partial charge is 0.484 e. The Morgan fingerprint density at radius 2 is 2.12 bits per heavy atom. The predicted octanol–water partition coefficient (Wildman–Crippen LogP) is 3.20. The van der Waals surface area contributed by atoms with Crippen molar-refractivity contribution in [2.45, 2.75) is 19.5 Å². The maximum Gasteiger partial charge on any atom is 0.422 e. The van der Waals surface area contributed by atoms with Gasteiger partial charge in [0.05, 0.1) is 4.92 Å². The van der Waals surface area contributed by atoms with Gasteiger partial charge in [-0.3, -0.25) is 20.2 Å². The Labute approximate surface area is 142 Å². The van der Waals surface area contributed by atoms with E-state index in [0.717, 1.165) is 29.5 Å². The fraction of sp³-hybridized carbons (Fsp3) is 0.308. The Balaban J connectivity index is 2.25. The number of nitrogens with zero attached hydrogens (tertiary/aromatic N) is 3. The van der Waals surface area contributed by atoms with E-state index in [4.69, 9.17) is 0 Å². The first-order valence-electron chi connectivity index (χ1n) is 6.81. The van der Waals surface area contributed by atoms with E-state index < -0.39 is 34.9 Å². The van der Waals surface area contributed by atoms with Crippen molar-refractivity contribution in [2.24, 2.45) is 0 Å². The molecular formula is C13H11F3N4O4S. The molecule has 12 heteroatoms. The molecule has 134 valence electrons. The van der Waals surface area contributed by atoms with Gasteiger partial charge in [-0.1, -0.05) is 18.3 Å². The minimum absolute atomic E-state index is 0.123. The summed E-state index contributed by atoms with van der Waals surface area (Å²) in [5.74, 6) is -1.22. The van der Waals surface area contributed by atoms with E-state index in [1.807, 2.05) is 6.92 Å². The van der Waals surface area contributed by atoms with Crippen LogP contribution in [0.5, 0.6) is 5.75 Å². The Hall–Kier alpha value is -2.76. The summed E-state index contributed by atoms with van der Waals surface area (Å²) in [6.07, 6.45) is -3.98. The lowest BCUT2D eigenvalue weighted by Crippen LogP contribution is -2.20. The monoisotopic (exact) mass is 376 g/mol. The molecule has 1 aromatic carbocycles. The highest BCUT2D eigenvalue weighted by Gasteiger charge is 2.29. The first-order valence-corrected chi connectivity index (χ1v) is 7.63. The quantitative estimate of drug-likeness (QED) is 0.613. The van der Waals surface area contributed by atoms with Crippen LogP contribution in [0.25, 0.3) is 0 Å². The van der Waals surface area contributed by atoms with Crippen molar-refractivity contribution in [1.29, 1.82) is 0 Å². The van der Waals surface area contributed by atoms with E-state index in [-0.39, 0.29) is 10.9 Å². The first kappa shape index (κ1) is 18.6. The molecule has 0 fully saturated rings. The van der Waals surface area contributed by atoms with Crippen molar-refractivity contribution < 1.29 is 27.6 Å². The van der Waals surface area contributed by atoms with Crippen LogP contribution in [0.4, 0.5) is 24.0 Å². The summed E-state index contributed by atoms with van der Waals surface area (Å²) >= 11 is 1.08. The fourth-order valence-corrected chi connectivity index (χ4v) is 2.40. The number of nitro groups is 1. The second kappa shape index (κ2) is 7.42. The summed E-state index contributed by atoms with van der Waals surface area (Å²) in [7, 11) is 0. The second-order valence-electron chi connectivity index (χ2n) is 4.65. The molecule has 1 heterocycles. The van der Waals surface area contributed by atoms with Crippen LogP contribution in [0.15, 0.2) is 18.2 Å². The fourth-order valence-electron chi connectivity index (χ4n) is 1.72. The number of benzene rings is 1. The summed E-state index contributed by atoms with van der Waals surface area (Å²) < 4.78 is 41.1. The van der Waals surface area contributed by atoms with Crippen molar-refractivity contribution in [3.05, 3.63) is 38.9 Å². The lowest BCUT2D eigenvalue weighted by molar-refractivity contribution is -0.385. The molecule has 0 saturated heterocycles. The average Bonchev–Trinajstić information content (AvgIpc) is 2.99. The van der Waals surface area contributed by atoms with Crippen LogP contribution in [0.2, 0.25) is 0 Å². The Bertz CT molecular complexity index is 794. The third kappa shape index (κ3) is 5.11. The van der Waals surface area contributed by atoms with Gasteiger partial charge in [-0.25, -0.2) is 0 Å². The van der Waals surface area contributed by atoms with Gasteiger partial charge in [-0.2, -0.15) is 13.2 Å². The van der Waals surface area contributed by atoms with Gasteiger partial charge in [-0.15, -0.1) is 10.2 Å². The van der Waals surface area contributed by atoms with Gasteiger partial charge < -0.3 is 4.74 Å². The Morgan fingerprint density at radius 1 is 1.40 bits per heavy atom. The lowest BCUT2D eigenvalue weighted by atomic mass is 10.1. The molecule has 0 spiro atoms. The van der Waals surface area contributed by atoms with E-state index in [1.54, 1.807) is 0 Å². The molecule has 0 atom stereocenters. The van der Waals surface area contributed by atoms with Crippen molar-refractivity contribution in [1.82, 2.24) is 10.2 Å². The Morgan fingerprint density at radius 3 is 2.68 bits per heavy atom. The standard InChI is InChI=1S/C13H11F3N4O4S/c1-2-10-18-19-12(25-10)17-11(21)8-5-7(24-6-13(14,15)16)3-4-9(8)20(22)23/h3-5H,2,6H2,1H3,(H,17,19,21). The molecule has 1 aromatic heterocycles. The maximum absolute atomic E-state index is 12.2. The number of aromatic nitrogens is 2. The number of carbonyl (C=O) groups excluding carboxylic acids is 1. The van der Waals surface area contributed by atoms with Crippen LogP contribution >= 0.6 is 11.3 Å². The van der Waals surface area contributed by atoms with Crippen LogP contribution in [-0.4, -0.2) is 33.8 Å².